The number of aliphatic hydroxyl groups is 1. The summed E-state index contributed by atoms with van der Waals surface area (Å²) < 4.78 is 28.4. The van der Waals surface area contributed by atoms with Crippen molar-refractivity contribution >= 4 is 22.0 Å². The summed E-state index contributed by atoms with van der Waals surface area (Å²) in [5, 5.41) is 9.04. The maximum absolute atomic E-state index is 12.1. The highest BCUT2D eigenvalue weighted by molar-refractivity contribution is 7.99. The van der Waals surface area contributed by atoms with E-state index in [4.69, 9.17) is 5.11 Å². The van der Waals surface area contributed by atoms with Crippen molar-refractivity contribution in [1.82, 2.24) is 9.03 Å². The molecule has 1 aliphatic heterocycles. The molecule has 7 heteroatoms. The summed E-state index contributed by atoms with van der Waals surface area (Å²) in [5.74, 6) is 2.04. The van der Waals surface area contributed by atoms with Gasteiger partial charge in [0.05, 0.1) is 0 Å². The minimum Gasteiger partial charge on any atom is -0.396 e. The summed E-state index contributed by atoms with van der Waals surface area (Å²) in [7, 11) is -3.36. The molecule has 0 saturated carbocycles. The second-order valence-corrected chi connectivity index (χ2v) is 7.73. The third-order valence-electron chi connectivity index (χ3n) is 3.09. The molecule has 0 aromatic carbocycles. The van der Waals surface area contributed by atoms with Crippen LogP contribution in [-0.4, -0.2) is 55.1 Å². The maximum Gasteiger partial charge on any atom is 0.279 e. The number of thioether (sulfide) groups is 1. The van der Waals surface area contributed by atoms with Crippen molar-refractivity contribution in [2.45, 2.75) is 32.7 Å². The second kappa shape index (κ2) is 7.69. The van der Waals surface area contributed by atoms with Crippen LogP contribution in [0.1, 0.15) is 26.7 Å². The Hall–Kier alpha value is 0.180. The van der Waals surface area contributed by atoms with Crippen LogP contribution in [-0.2, 0) is 10.2 Å². The van der Waals surface area contributed by atoms with Gasteiger partial charge in [0, 0.05) is 31.5 Å². The average molecular weight is 296 g/mol. The summed E-state index contributed by atoms with van der Waals surface area (Å²) in [4.78, 5) is 0. The van der Waals surface area contributed by atoms with Gasteiger partial charge in [-0.3, -0.25) is 0 Å². The first-order chi connectivity index (χ1) is 8.49. The molecule has 1 aliphatic rings. The van der Waals surface area contributed by atoms with Gasteiger partial charge in [-0.1, -0.05) is 6.92 Å². The van der Waals surface area contributed by atoms with Crippen LogP contribution in [0, 0.1) is 5.92 Å². The van der Waals surface area contributed by atoms with Gasteiger partial charge >= 0.3 is 0 Å². The van der Waals surface area contributed by atoms with Gasteiger partial charge in [0.2, 0.25) is 0 Å². The fraction of sp³-hybridized carbons (Fsp3) is 1.00. The SMILES string of the molecule is CCSCC(C)NS(=O)(=O)N1CCC(CO)CC1. The summed E-state index contributed by atoms with van der Waals surface area (Å²) in [6.07, 6.45) is 1.49. The van der Waals surface area contributed by atoms with Crippen LogP contribution >= 0.6 is 11.8 Å². The molecular weight excluding hydrogens is 272 g/mol. The fourth-order valence-electron chi connectivity index (χ4n) is 1.99. The molecule has 1 saturated heterocycles. The van der Waals surface area contributed by atoms with E-state index in [0.29, 0.717) is 13.1 Å². The van der Waals surface area contributed by atoms with Crippen LogP contribution in [0.3, 0.4) is 0 Å². The van der Waals surface area contributed by atoms with E-state index >= 15 is 0 Å². The lowest BCUT2D eigenvalue weighted by Crippen LogP contribution is -2.48. The van der Waals surface area contributed by atoms with E-state index < -0.39 is 10.2 Å². The molecule has 0 amide bonds. The van der Waals surface area contributed by atoms with Crippen molar-refractivity contribution in [2.75, 3.05) is 31.2 Å². The van der Waals surface area contributed by atoms with Crippen molar-refractivity contribution in [3.8, 4) is 0 Å². The molecule has 0 aliphatic carbocycles. The predicted molar refractivity (Wildman–Crippen MR) is 75.9 cm³/mol. The van der Waals surface area contributed by atoms with Crippen LogP contribution in [0.15, 0.2) is 0 Å². The Morgan fingerprint density at radius 3 is 2.56 bits per heavy atom. The Kier molecular flexibility index (Phi) is 6.94. The van der Waals surface area contributed by atoms with Crippen LogP contribution in [0.2, 0.25) is 0 Å². The van der Waals surface area contributed by atoms with E-state index in [2.05, 4.69) is 11.6 Å². The highest BCUT2D eigenvalue weighted by Crippen LogP contribution is 2.18. The van der Waals surface area contributed by atoms with Crippen LogP contribution in [0.25, 0.3) is 0 Å². The van der Waals surface area contributed by atoms with Gasteiger partial charge in [-0.15, -0.1) is 0 Å². The maximum atomic E-state index is 12.1. The molecule has 18 heavy (non-hydrogen) atoms. The Morgan fingerprint density at radius 1 is 1.44 bits per heavy atom. The zero-order valence-corrected chi connectivity index (χ0v) is 12.8. The Bertz CT molecular complexity index is 327. The minimum atomic E-state index is -3.36. The molecule has 1 fully saturated rings. The van der Waals surface area contributed by atoms with Gasteiger partial charge in [-0.2, -0.15) is 29.2 Å². The molecule has 1 heterocycles. The minimum absolute atomic E-state index is 0.0458. The molecule has 0 bridgehead atoms. The van der Waals surface area contributed by atoms with Crippen molar-refractivity contribution < 1.29 is 13.5 Å². The van der Waals surface area contributed by atoms with Crippen molar-refractivity contribution in [1.29, 1.82) is 0 Å². The van der Waals surface area contributed by atoms with E-state index in [1.54, 1.807) is 11.8 Å². The normalized spacial score (nSPS) is 21.1. The molecule has 0 spiro atoms. The van der Waals surface area contributed by atoms with E-state index in [-0.39, 0.29) is 18.6 Å². The smallest absolute Gasteiger partial charge is 0.279 e. The first kappa shape index (κ1) is 16.2. The molecule has 108 valence electrons. The van der Waals surface area contributed by atoms with Crippen molar-refractivity contribution in [3.63, 3.8) is 0 Å². The number of nitrogens with one attached hydrogen (secondary N) is 1. The van der Waals surface area contributed by atoms with Crippen LogP contribution in [0.4, 0.5) is 0 Å². The number of nitrogens with zero attached hydrogens (tertiary/aromatic N) is 1. The summed E-state index contributed by atoms with van der Waals surface area (Å²) in [6, 6.07) is -0.0458. The van der Waals surface area contributed by atoms with Gasteiger partial charge in [-0.25, -0.2) is 0 Å². The average Bonchev–Trinajstić information content (AvgIpc) is 2.36. The van der Waals surface area contributed by atoms with Crippen molar-refractivity contribution in [3.05, 3.63) is 0 Å². The molecule has 1 unspecified atom stereocenters. The molecule has 1 atom stereocenters. The largest absolute Gasteiger partial charge is 0.396 e. The van der Waals surface area contributed by atoms with Gasteiger partial charge in [0.25, 0.3) is 10.2 Å². The van der Waals surface area contributed by atoms with E-state index in [1.807, 2.05) is 6.92 Å². The quantitative estimate of drug-likeness (QED) is 0.724. The van der Waals surface area contributed by atoms with Crippen molar-refractivity contribution in [2.24, 2.45) is 5.92 Å². The Balaban J connectivity index is 2.44. The summed E-state index contributed by atoms with van der Waals surface area (Å²) in [6.45, 7) is 5.12. The predicted octanol–water partition coefficient (Wildman–Crippen LogP) is 0.667. The fourth-order valence-corrected chi connectivity index (χ4v) is 4.20. The van der Waals surface area contributed by atoms with Gasteiger partial charge in [-0.05, 0) is 31.4 Å². The molecule has 2 N–H and O–H groups in total. The first-order valence-electron chi connectivity index (χ1n) is 6.45. The summed E-state index contributed by atoms with van der Waals surface area (Å²) >= 11 is 1.73. The Labute approximate surface area is 115 Å². The van der Waals surface area contributed by atoms with Crippen LogP contribution in [0.5, 0.6) is 0 Å². The molecule has 1 rings (SSSR count). The Morgan fingerprint density at radius 2 is 2.06 bits per heavy atom. The summed E-state index contributed by atoms with van der Waals surface area (Å²) in [5.41, 5.74) is 0. The van der Waals surface area contributed by atoms with Gasteiger partial charge < -0.3 is 5.11 Å². The highest BCUT2D eigenvalue weighted by atomic mass is 32.2. The molecule has 5 nitrogen and oxygen atoms in total. The van der Waals surface area contributed by atoms with E-state index in [0.717, 1.165) is 24.3 Å². The van der Waals surface area contributed by atoms with E-state index in [1.165, 1.54) is 4.31 Å². The molecule has 0 aromatic heterocycles. The second-order valence-electron chi connectivity index (χ2n) is 4.71. The zero-order valence-electron chi connectivity index (χ0n) is 11.1. The zero-order chi connectivity index (χ0) is 13.6. The third kappa shape index (κ3) is 5.05. The lowest BCUT2D eigenvalue weighted by atomic mass is 10.00. The number of aliphatic hydroxyl groups excluding tert-OH is 1. The van der Waals surface area contributed by atoms with E-state index in [9.17, 15) is 8.42 Å². The lowest BCUT2D eigenvalue weighted by molar-refractivity contribution is 0.169. The first-order valence-corrected chi connectivity index (χ1v) is 9.05. The topological polar surface area (TPSA) is 69.6 Å². The number of hydrogen-bond acceptors (Lipinski definition) is 4. The third-order valence-corrected chi connectivity index (χ3v) is 5.98. The van der Waals surface area contributed by atoms with Gasteiger partial charge in [0.1, 0.15) is 0 Å². The molecule has 0 radical (unpaired) electrons. The van der Waals surface area contributed by atoms with Gasteiger partial charge in [0.15, 0.2) is 0 Å². The molecule has 0 aromatic rings. The number of rotatable bonds is 7. The highest BCUT2D eigenvalue weighted by Gasteiger charge is 2.28. The number of hydrogen-bond donors (Lipinski definition) is 2. The van der Waals surface area contributed by atoms with Crippen LogP contribution < -0.4 is 4.72 Å². The standard InChI is InChI=1S/C11H24N2O3S2/c1-3-17-9-10(2)12-18(15,16)13-6-4-11(8-14)5-7-13/h10-12,14H,3-9H2,1-2H3. The lowest BCUT2D eigenvalue weighted by Gasteiger charge is -2.31. The monoisotopic (exact) mass is 296 g/mol. The number of piperidine rings is 1. The molecular formula is C11H24N2O3S2.